The molecule has 1 aliphatic rings. The van der Waals surface area contributed by atoms with E-state index < -0.39 is 5.60 Å². The summed E-state index contributed by atoms with van der Waals surface area (Å²) in [5, 5.41) is 4.67. The largest absolute Gasteiger partial charge is 0.444 e. The lowest BCUT2D eigenvalue weighted by Crippen LogP contribution is -2.49. The zero-order valence-electron chi connectivity index (χ0n) is 15.2. The third-order valence-electron chi connectivity index (χ3n) is 4.18. The highest BCUT2D eigenvalue weighted by Gasteiger charge is 2.28. The molecule has 2 heterocycles. The lowest BCUT2D eigenvalue weighted by atomic mass is 10.0. The van der Waals surface area contributed by atoms with Crippen LogP contribution >= 0.6 is 11.8 Å². The molecule has 0 aliphatic carbocycles. The van der Waals surface area contributed by atoms with Crippen LogP contribution in [0.4, 0.5) is 4.79 Å². The Balaban J connectivity index is 1.86. The van der Waals surface area contributed by atoms with Gasteiger partial charge in [-0.25, -0.2) is 4.79 Å². The van der Waals surface area contributed by atoms with E-state index in [0.29, 0.717) is 13.1 Å². The summed E-state index contributed by atoms with van der Waals surface area (Å²) in [6.45, 7) is 7.68. The average molecular weight is 359 g/mol. The Labute approximate surface area is 153 Å². The minimum atomic E-state index is -0.478. The fourth-order valence-electron chi connectivity index (χ4n) is 3.03. The van der Waals surface area contributed by atoms with Crippen molar-refractivity contribution in [2.24, 2.45) is 0 Å². The van der Waals surface area contributed by atoms with Gasteiger partial charge in [-0.3, -0.25) is 4.98 Å². The molecule has 0 spiro atoms. The van der Waals surface area contributed by atoms with Crippen molar-refractivity contribution in [1.82, 2.24) is 15.2 Å². The van der Waals surface area contributed by atoms with Gasteiger partial charge < -0.3 is 15.0 Å². The van der Waals surface area contributed by atoms with Crippen molar-refractivity contribution in [3.63, 3.8) is 0 Å². The number of ether oxygens (including phenoxy) is 1. The number of carbonyl (C=O) groups is 1. The summed E-state index contributed by atoms with van der Waals surface area (Å²) in [5.74, 6) is 0. The fraction of sp³-hybridized carbons (Fsp3) is 0.474. The number of piperazine rings is 1. The Morgan fingerprint density at radius 3 is 2.88 bits per heavy atom. The Kier molecular flexibility index (Phi) is 5.20. The lowest BCUT2D eigenvalue weighted by Gasteiger charge is -2.35. The van der Waals surface area contributed by atoms with Gasteiger partial charge in [-0.2, -0.15) is 0 Å². The number of nitrogens with one attached hydrogen (secondary N) is 1. The quantitative estimate of drug-likeness (QED) is 0.826. The van der Waals surface area contributed by atoms with Crippen LogP contribution in [-0.2, 0) is 4.74 Å². The third kappa shape index (κ3) is 4.25. The van der Waals surface area contributed by atoms with Crippen LogP contribution in [0, 0.1) is 0 Å². The maximum atomic E-state index is 12.4. The molecule has 1 unspecified atom stereocenters. The van der Waals surface area contributed by atoms with Gasteiger partial charge in [0, 0.05) is 36.1 Å². The number of rotatable bonds is 2. The van der Waals surface area contributed by atoms with Crippen LogP contribution in [0.2, 0.25) is 0 Å². The number of hydrogen-bond acceptors (Lipinski definition) is 5. The molecule has 1 aliphatic heterocycles. The highest BCUT2D eigenvalue weighted by atomic mass is 32.2. The highest BCUT2D eigenvalue weighted by molar-refractivity contribution is 7.98. The van der Waals surface area contributed by atoms with E-state index in [0.717, 1.165) is 17.4 Å². The van der Waals surface area contributed by atoms with Gasteiger partial charge in [0.05, 0.1) is 11.6 Å². The van der Waals surface area contributed by atoms with Crippen LogP contribution in [0.15, 0.2) is 35.4 Å². The maximum Gasteiger partial charge on any atom is 0.410 e. The number of nitrogens with zero attached hydrogens (tertiary/aromatic N) is 2. The van der Waals surface area contributed by atoms with E-state index >= 15 is 0 Å². The number of hydrogen-bond donors (Lipinski definition) is 1. The number of pyridine rings is 1. The van der Waals surface area contributed by atoms with Crippen molar-refractivity contribution in [2.45, 2.75) is 37.3 Å². The van der Waals surface area contributed by atoms with Crippen molar-refractivity contribution >= 4 is 28.8 Å². The van der Waals surface area contributed by atoms with E-state index in [9.17, 15) is 4.79 Å². The van der Waals surface area contributed by atoms with E-state index in [2.05, 4.69) is 34.8 Å². The lowest BCUT2D eigenvalue weighted by molar-refractivity contribution is 0.0195. The molecule has 0 saturated carbocycles. The molecule has 25 heavy (non-hydrogen) atoms. The summed E-state index contributed by atoms with van der Waals surface area (Å²) in [4.78, 5) is 19.9. The molecule has 1 saturated heterocycles. The maximum absolute atomic E-state index is 12.4. The van der Waals surface area contributed by atoms with Gasteiger partial charge in [-0.1, -0.05) is 0 Å². The molecule has 2 aromatic rings. The molecule has 1 aromatic carbocycles. The van der Waals surface area contributed by atoms with Crippen molar-refractivity contribution in [3.05, 3.63) is 36.0 Å². The Morgan fingerprint density at radius 1 is 1.36 bits per heavy atom. The topological polar surface area (TPSA) is 54.5 Å². The second kappa shape index (κ2) is 7.22. The van der Waals surface area contributed by atoms with Crippen LogP contribution in [-0.4, -0.2) is 47.5 Å². The van der Waals surface area contributed by atoms with Gasteiger partial charge in [0.2, 0.25) is 0 Å². The van der Waals surface area contributed by atoms with Gasteiger partial charge in [0.15, 0.2) is 0 Å². The van der Waals surface area contributed by atoms with Crippen LogP contribution in [0.5, 0.6) is 0 Å². The Bertz CT molecular complexity index is 773. The van der Waals surface area contributed by atoms with Crippen LogP contribution < -0.4 is 5.32 Å². The number of fused-ring (bicyclic) bond motifs is 1. The van der Waals surface area contributed by atoms with Gasteiger partial charge in [-0.05, 0) is 56.9 Å². The molecule has 134 valence electrons. The highest BCUT2D eigenvalue weighted by Crippen LogP contribution is 2.28. The average Bonchev–Trinajstić information content (AvgIpc) is 2.59. The number of benzene rings is 1. The van der Waals surface area contributed by atoms with Crippen LogP contribution in [0.1, 0.15) is 32.4 Å². The van der Waals surface area contributed by atoms with E-state index in [1.54, 1.807) is 16.7 Å². The van der Waals surface area contributed by atoms with Crippen molar-refractivity contribution in [1.29, 1.82) is 0 Å². The SMILES string of the molecule is CSc1ccc2nccc(C3CN(C(=O)OC(C)(C)C)CCN3)c2c1. The minimum absolute atomic E-state index is 0.0730. The predicted octanol–water partition coefficient (Wildman–Crippen LogP) is 3.84. The Morgan fingerprint density at radius 2 is 2.16 bits per heavy atom. The van der Waals surface area contributed by atoms with Crippen molar-refractivity contribution in [2.75, 3.05) is 25.9 Å². The molecule has 1 fully saturated rings. The second-order valence-corrected chi connectivity index (χ2v) is 8.10. The summed E-state index contributed by atoms with van der Waals surface area (Å²) in [5.41, 5.74) is 1.68. The molecular weight excluding hydrogens is 334 g/mol. The monoisotopic (exact) mass is 359 g/mol. The van der Waals surface area contributed by atoms with Gasteiger partial charge >= 0.3 is 6.09 Å². The van der Waals surface area contributed by atoms with Crippen LogP contribution in [0.25, 0.3) is 10.9 Å². The summed E-state index contributed by atoms with van der Waals surface area (Å²) in [6, 6.07) is 8.44. The summed E-state index contributed by atoms with van der Waals surface area (Å²) < 4.78 is 5.53. The normalized spacial score (nSPS) is 18.4. The number of amides is 1. The first kappa shape index (κ1) is 18.0. The fourth-order valence-corrected chi connectivity index (χ4v) is 3.47. The predicted molar refractivity (Wildman–Crippen MR) is 102 cm³/mol. The van der Waals surface area contributed by atoms with E-state index in [1.807, 2.05) is 33.0 Å². The molecule has 0 radical (unpaired) electrons. The van der Waals surface area contributed by atoms with Gasteiger partial charge in [-0.15, -0.1) is 11.8 Å². The summed E-state index contributed by atoms with van der Waals surface area (Å²) >= 11 is 1.72. The molecule has 1 amide bonds. The third-order valence-corrected chi connectivity index (χ3v) is 4.91. The molecule has 3 rings (SSSR count). The molecule has 1 N–H and O–H groups in total. The Hall–Kier alpha value is -1.79. The van der Waals surface area contributed by atoms with Crippen LogP contribution in [0.3, 0.4) is 0 Å². The molecule has 1 atom stereocenters. The van der Waals surface area contributed by atoms with Crippen molar-refractivity contribution in [3.8, 4) is 0 Å². The standard InChI is InChI=1S/C19H25N3O2S/c1-19(2,3)24-18(23)22-10-9-21-17(12-22)14-7-8-20-16-6-5-13(25-4)11-15(14)16/h5-8,11,17,21H,9-10,12H2,1-4H3. The summed E-state index contributed by atoms with van der Waals surface area (Å²) in [6.07, 6.45) is 3.66. The molecule has 6 heteroatoms. The van der Waals surface area contributed by atoms with E-state index in [4.69, 9.17) is 4.74 Å². The summed E-state index contributed by atoms with van der Waals surface area (Å²) in [7, 11) is 0. The zero-order valence-corrected chi connectivity index (χ0v) is 16.0. The molecular formula is C19H25N3O2S. The first-order valence-electron chi connectivity index (χ1n) is 8.51. The first-order valence-corrected chi connectivity index (χ1v) is 9.74. The van der Waals surface area contributed by atoms with Crippen molar-refractivity contribution < 1.29 is 9.53 Å². The molecule has 0 bridgehead atoms. The first-order chi connectivity index (χ1) is 11.9. The smallest absolute Gasteiger partial charge is 0.410 e. The molecule has 5 nitrogen and oxygen atoms in total. The second-order valence-electron chi connectivity index (χ2n) is 7.22. The minimum Gasteiger partial charge on any atom is -0.444 e. The zero-order chi connectivity index (χ0) is 18.0. The van der Waals surface area contributed by atoms with Gasteiger partial charge in [0.1, 0.15) is 5.60 Å². The van der Waals surface area contributed by atoms with E-state index in [-0.39, 0.29) is 12.1 Å². The van der Waals surface area contributed by atoms with E-state index in [1.165, 1.54) is 10.5 Å². The number of thioether (sulfide) groups is 1. The number of aromatic nitrogens is 1. The van der Waals surface area contributed by atoms with Gasteiger partial charge in [0.25, 0.3) is 0 Å². The molecule has 1 aromatic heterocycles. The number of carbonyl (C=O) groups excluding carboxylic acids is 1.